The first kappa shape index (κ1) is 9.66. The number of primary amides is 1. The lowest BCUT2D eigenvalue weighted by Crippen LogP contribution is -2.22. The van der Waals surface area contributed by atoms with Gasteiger partial charge in [-0.05, 0) is 0 Å². The van der Waals surface area contributed by atoms with Gasteiger partial charge in [0.05, 0.1) is 6.54 Å². The topological polar surface area (TPSA) is 85.8 Å². The lowest BCUT2D eigenvalue weighted by molar-refractivity contribution is -0.117. The van der Waals surface area contributed by atoms with Crippen LogP contribution < -0.4 is 11.1 Å². The van der Waals surface area contributed by atoms with E-state index in [0.29, 0.717) is 25.3 Å². The molecule has 0 fully saturated rings. The number of carbonyl (C=O) groups excluding carboxylic acids is 1. The van der Waals surface area contributed by atoms with Gasteiger partial charge in [0.15, 0.2) is 5.82 Å². The molecule has 6 heteroatoms. The Hall–Kier alpha value is -1.43. The highest BCUT2D eigenvalue weighted by Crippen LogP contribution is 1.86. The average Bonchev–Trinajstić information content (AvgIpc) is 2.45. The maximum atomic E-state index is 10.4. The molecule has 3 N–H and O–H groups in total. The van der Waals surface area contributed by atoms with Gasteiger partial charge >= 0.3 is 0 Å². The molecule has 1 amide bonds. The second-order valence-electron chi connectivity index (χ2n) is 2.73. The van der Waals surface area contributed by atoms with E-state index in [4.69, 9.17) is 5.73 Å². The molecule has 6 nitrogen and oxygen atoms in total. The van der Waals surface area contributed by atoms with Crippen molar-refractivity contribution in [1.82, 2.24) is 20.1 Å². The molecular weight excluding hydrogens is 170 g/mol. The van der Waals surface area contributed by atoms with Crippen LogP contribution >= 0.6 is 0 Å². The molecule has 1 heterocycles. The van der Waals surface area contributed by atoms with E-state index in [-0.39, 0.29) is 5.91 Å². The fraction of sp³-hybridized carbons (Fsp3) is 0.571. The van der Waals surface area contributed by atoms with Crippen molar-refractivity contribution in [3.63, 3.8) is 0 Å². The van der Waals surface area contributed by atoms with Crippen molar-refractivity contribution >= 4 is 5.91 Å². The summed E-state index contributed by atoms with van der Waals surface area (Å²) in [4.78, 5) is 14.4. The molecule has 0 bridgehead atoms. The van der Waals surface area contributed by atoms with Gasteiger partial charge in [0.1, 0.15) is 6.33 Å². The lowest BCUT2D eigenvalue weighted by atomic mass is 10.4. The van der Waals surface area contributed by atoms with Gasteiger partial charge in [0.25, 0.3) is 0 Å². The Labute approximate surface area is 76.1 Å². The standard InChI is InChI=1S/C7H13N5O/c1-12-5-10-7(11-12)4-9-3-2-6(8)13/h5,9H,2-4H2,1H3,(H2,8,13). The number of carbonyl (C=O) groups is 1. The van der Waals surface area contributed by atoms with Gasteiger partial charge < -0.3 is 11.1 Å². The number of aromatic nitrogens is 3. The van der Waals surface area contributed by atoms with E-state index in [2.05, 4.69) is 15.4 Å². The fourth-order valence-electron chi connectivity index (χ4n) is 0.877. The van der Waals surface area contributed by atoms with Gasteiger partial charge in [-0.25, -0.2) is 4.98 Å². The number of rotatable bonds is 5. The quantitative estimate of drug-likeness (QED) is 0.560. The van der Waals surface area contributed by atoms with E-state index in [1.165, 1.54) is 0 Å². The van der Waals surface area contributed by atoms with Crippen molar-refractivity contribution in [3.05, 3.63) is 12.2 Å². The maximum absolute atomic E-state index is 10.4. The summed E-state index contributed by atoms with van der Waals surface area (Å²) in [6, 6.07) is 0. The van der Waals surface area contributed by atoms with Crippen molar-refractivity contribution < 1.29 is 4.79 Å². The van der Waals surface area contributed by atoms with Crippen LogP contribution in [0.1, 0.15) is 12.2 Å². The van der Waals surface area contributed by atoms with Crippen LogP contribution in [0, 0.1) is 0 Å². The number of hydrogen-bond donors (Lipinski definition) is 2. The Balaban J connectivity index is 2.16. The number of nitrogens with zero attached hydrogens (tertiary/aromatic N) is 3. The van der Waals surface area contributed by atoms with Crippen LogP contribution in [0.15, 0.2) is 6.33 Å². The molecule has 72 valence electrons. The molecule has 0 aromatic carbocycles. The number of hydrogen-bond acceptors (Lipinski definition) is 4. The zero-order valence-electron chi connectivity index (χ0n) is 7.53. The Kier molecular flexibility index (Phi) is 3.39. The van der Waals surface area contributed by atoms with Gasteiger partial charge in [-0.2, -0.15) is 5.10 Å². The van der Waals surface area contributed by atoms with E-state index < -0.39 is 0 Å². The predicted octanol–water partition coefficient (Wildman–Crippen LogP) is -1.22. The molecule has 0 spiro atoms. The summed E-state index contributed by atoms with van der Waals surface area (Å²) in [6.45, 7) is 1.13. The highest BCUT2D eigenvalue weighted by Gasteiger charge is 1.98. The molecule has 1 aromatic heterocycles. The number of nitrogens with two attached hydrogens (primary N) is 1. The van der Waals surface area contributed by atoms with Crippen molar-refractivity contribution in [2.45, 2.75) is 13.0 Å². The van der Waals surface area contributed by atoms with Gasteiger partial charge in [-0.15, -0.1) is 0 Å². The van der Waals surface area contributed by atoms with Crippen LogP contribution in [0.5, 0.6) is 0 Å². The number of aryl methyl sites for hydroxylation is 1. The van der Waals surface area contributed by atoms with E-state index in [1.54, 1.807) is 18.1 Å². The lowest BCUT2D eigenvalue weighted by Gasteiger charge is -1.98. The smallest absolute Gasteiger partial charge is 0.218 e. The minimum absolute atomic E-state index is 0.304. The van der Waals surface area contributed by atoms with Crippen molar-refractivity contribution in [2.75, 3.05) is 6.54 Å². The number of nitrogens with one attached hydrogen (secondary N) is 1. The third kappa shape index (κ3) is 3.66. The number of amides is 1. The first-order chi connectivity index (χ1) is 6.18. The van der Waals surface area contributed by atoms with E-state index >= 15 is 0 Å². The van der Waals surface area contributed by atoms with Crippen molar-refractivity contribution in [1.29, 1.82) is 0 Å². The maximum Gasteiger partial charge on any atom is 0.218 e. The minimum atomic E-state index is -0.304. The summed E-state index contributed by atoms with van der Waals surface area (Å²) in [7, 11) is 1.81. The average molecular weight is 183 g/mol. The van der Waals surface area contributed by atoms with Gasteiger partial charge in [-0.1, -0.05) is 0 Å². The first-order valence-corrected chi connectivity index (χ1v) is 4.02. The molecule has 13 heavy (non-hydrogen) atoms. The zero-order chi connectivity index (χ0) is 9.68. The molecule has 0 radical (unpaired) electrons. The van der Waals surface area contributed by atoms with Gasteiger partial charge in [-0.3, -0.25) is 9.48 Å². The normalized spacial score (nSPS) is 10.2. The van der Waals surface area contributed by atoms with E-state index in [9.17, 15) is 4.79 Å². The summed E-state index contributed by atoms with van der Waals surface area (Å²) >= 11 is 0. The molecular formula is C7H13N5O. The molecule has 0 aliphatic carbocycles. The Morgan fingerprint density at radius 1 is 1.77 bits per heavy atom. The predicted molar refractivity (Wildman–Crippen MR) is 46.5 cm³/mol. The van der Waals surface area contributed by atoms with Gasteiger partial charge in [0.2, 0.25) is 5.91 Å². The highest BCUT2D eigenvalue weighted by atomic mass is 16.1. The van der Waals surface area contributed by atoms with Crippen molar-refractivity contribution in [2.24, 2.45) is 12.8 Å². The second kappa shape index (κ2) is 4.56. The van der Waals surface area contributed by atoms with Crippen molar-refractivity contribution in [3.8, 4) is 0 Å². The van der Waals surface area contributed by atoms with Gasteiger partial charge in [0, 0.05) is 20.0 Å². The molecule has 0 atom stereocenters. The van der Waals surface area contributed by atoms with Crippen LogP contribution in [-0.4, -0.2) is 27.2 Å². The first-order valence-electron chi connectivity index (χ1n) is 4.02. The van der Waals surface area contributed by atoms with Crippen LogP contribution in [0.25, 0.3) is 0 Å². The summed E-state index contributed by atoms with van der Waals surface area (Å²) < 4.78 is 1.63. The summed E-state index contributed by atoms with van der Waals surface area (Å²) in [5.74, 6) is 0.411. The molecule has 0 aliphatic heterocycles. The van der Waals surface area contributed by atoms with Crippen LogP contribution in [0.2, 0.25) is 0 Å². The molecule has 1 aromatic rings. The molecule has 0 aliphatic rings. The molecule has 0 saturated carbocycles. The largest absolute Gasteiger partial charge is 0.370 e. The second-order valence-corrected chi connectivity index (χ2v) is 2.73. The third-order valence-corrected chi connectivity index (χ3v) is 1.48. The van der Waals surface area contributed by atoms with E-state index in [1.807, 2.05) is 0 Å². The minimum Gasteiger partial charge on any atom is -0.370 e. The molecule has 1 rings (SSSR count). The van der Waals surface area contributed by atoms with Crippen LogP contribution in [0.4, 0.5) is 0 Å². The molecule has 0 unspecified atom stereocenters. The summed E-state index contributed by atoms with van der Waals surface area (Å²) in [5.41, 5.74) is 4.96. The third-order valence-electron chi connectivity index (χ3n) is 1.48. The monoisotopic (exact) mass is 183 g/mol. The fourth-order valence-corrected chi connectivity index (χ4v) is 0.877. The van der Waals surface area contributed by atoms with Crippen LogP contribution in [-0.2, 0) is 18.4 Å². The Morgan fingerprint density at radius 3 is 3.08 bits per heavy atom. The highest BCUT2D eigenvalue weighted by molar-refractivity contribution is 5.73. The summed E-state index contributed by atoms with van der Waals surface area (Å²) in [5, 5.41) is 7.06. The summed E-state index contributed by atoms with van der Waals surface area (Å²) in [6.07, 6.45) is 1.97. The van der Waals surface area contributed by atoms with Crippen LogP contribution in [0.3, 0.4) is 0 Å². The van der Waals surface area contributed by atoms with E-state index in [0.717, 1.165) is 0 Å². The Morgan fingerprint density at radius 2 is 2.54 bits per heavy atom. The Bertz CT molecular complexity index is 282. The zero-order valence-corrected chi connectivity index (χ0v) is 7.53. The molecule has 0 saturated heterocycles. The SMILES string of the molecule is Cn1cnc(CNCCC(N)=O)n1.